The van der Waals surface area contributed by atoms with E-state index in [1.807, 2.05) is 14.1 Å². The Morgan fingerprint density at radius 1 is 1.35 bits per heavy atom. The number of nitrogens with one attached hydrogen (secondary N) is 1. The van der Waals surface area contributed by atoms with Crippen molar-refractivity contribution in [1.82, 2.24) is 10.2 Å². The molecule has 1 atom stereocenters. The number of carbonyl (C=O) groups is 1. The maximum atomic E-state index is 11.7. The van der Waals surface area contributed by atoms with Gasteiger partial charge in [-0.15, -0.1) is 0 Å². The second kappa shape index (κ2) is 7.67. The molecule has 0 aliphatic heterocycles. The molecule has 0 saturated heterocycles. The van der Waals surface area contributed by atoms with E-state index in [9.17, 15) is 4.79 Å². The molecular formula is C13H29N3O. The van der Waals surface area contributed by atoms with Gasteiger partial charge in [0, 0.05) is 19.0 Å². The first-order valence-corrected chi connectivity index (χ1v) is 6.41. The van der Waals surface area contributed by atoms with Crippen molar-refractivity contribution >= 4 is 5.91 Å². The van der Waals surface area contributed by atoms with Gasteiger partial charge in [0.25, 0.3) is 0 Å². The molecular weight excluding hydrogens is 214 g/mol. The minimum absolute atomic E-state index is 0.142. The number of amides is 1. The average Bonchev–Trinajstić information content (AvgIpc) is 2.22. The maximum Gasteiger partial charge on any atom is 0.220 e. The van der Waals surface area contributed by atoms with Gasteiger partial charge in [-0.2, -0.15) is 0 Å². The maximum absolute atomic E-state index is 11.7. The highest BCUT2D eigenvalue weighted by Gasteiger charge is 2.18. The predicted molar refractivity (Wildman–Crippen MR) is 72.8 cm³/mol. The van der Waals surface area contributed by atoms with E-state index in [0.717, 1.165) is 12.8 Å². The van der Waals surface area contributed by atoms with E-state index in [1.165, 1.54) is 0 Å². The fourth-order valence-electron chi connectivity index (χ4n) is 1.50. The standard InChI is InChI=1S/C13H29N3O/c1-11(16(4)5)10-15-12(17)6-7-13(2,3)8-9-14/h11H,6-10,14H2,1-5H3,(H,15,17). The summed E-state index contributed by atoms with van der Waals surface area (Å²) in [5.74, 6) is 0.142. The lowest BCUT2D eigenvalue weighted by atomic mass is 9.84. The summed E-state index contributed by atoms with van der Waals surface area (Å²) in [7, 11) is 4.03. The lowest BCUT2D eigenvalue weighted by molar-refractivity contribution is -0.121. The quantitative estimate of drug-likeness (QED) is 0.673. The monoisotopic (exact) mass is 243 g/mol. The Labute approximate surface area is 106 Å². The molecule has 0 saturated carbocycles. The van der Waals surface area contributed by atoms with Crippen LogP contribution >= 0.6 is 0 Å². The van der Waals surface area contributed by atoms with Gasteiger partial charge in [-0.25, -0.2) is 0 Å². The van der Waals surface area contributed by atoms with Crippen LogP contribution in [0.2, 0.25) is 0 Å². The Balaban J connectivity index is 3.80. The zero-order chi connectivity index (χ0) is 13.5. The normalized spacial score (nSPS) is 13.8. The summed E-state index contributed by atoms with van der Waals surface area (Å²) >= 11 is 0. The number of nitrogens with two attached hydrogens (primary N) is 1. The number of carbonyl (C=O) groups excluding carboxylic acids is 1. The summed E-state index contributed by atoms with van der Waals surface area (Å²) in [6.45, 7) is 7.82. The van der Waals surface area contributed by atoms with E-state index >= 15 is 0 Å². The molecule has 17 heavy (non-hydrogen) atoms. The second-order valence-electron chi connectivity index (χ2n) is 5.82. The highest BCUT2D eigenvalue weighted by Crippen LogP contribution is 2.25. The van der Waals surface area contributed by atoms with Gasteiger partial charge in [0.1, 0.15) is 0 Å². The fourth-order valence-corrected chi connectivity index (χ4v) is 1.50. The topological polar surface area (TPSA) is 58.4 Å². The van der Waals surface area contributed by atoms with E-state index in [4.69, 9.17) is 5.73 Å². The molecule has 4 heteroatoms. The van der Waals surface area contributed by atoms with Gasteiger partial charge in [-0.1, -0.05) is 13.8 Å². The first-order chi connectivity index (χ1) is 7.78. The Kier molecular flexibility index (Phi) is 7.39. The molecule has 0 rings (SSSR count). The van der Waals surface area contributed by atoms with Gasteiger partial charge < -0.3 is 16.0 Å². The summed E-state index contributed by atoms with van der Waals surface area (Å²) in [4.78, 5) is 13.8. The molecule has 0 spiro atoms. The summed E-state index contributed by atoms with van der Waals surface area (Å²) < 4.78 is 0. The van der Waals surface area contributed by atoms with Crippen molar-refractivity contribution in [2.75, 3.05) is 27.2 Å². The van der Waals surface area contributed by atoms with Crippen LogP contribution in [0.1, 0.15) is 40.0 Å². The Hall–Kier alpha value is -0.610. The minimum atomic E-state index is 0.142. The molecule has 3 N–H and O–H groups in total. The van der Waals surface area contributed by atoms with Crippen molar-refractivity contribution < 1.29 is 4.79 Å². The molecule has 0 aliphatic carbocycles. The van der Waals surface area contributed by atoms with E-state index in [0.29, 0.717) is 25.6 Å². The lowest BCUT2D eigenvalue weighted by Gasteiger charge is -2.24. The van der Waals surface area contributed by atoms with Crippen LogP contribution < -0.4 is 11.1 Å². The molecule has 0 radical (unpaired) electrons. The number of rotatable bonds is 8. The summed E-state index contributed by atoms with van der Waals surface area (Å²) in [6.07, 6.45) is 2.45. The summed E-state index contributed by atoms with van der Waals surface area (Å²) in [6, 6.07) is 0.371. The van der Waals surface area contributed by atoms with E-state index < -0.39 is 0 Å². The van der Waals surface area contributed by atoms with E-state index in [1.54, 1.807) is 0 Å². The molecule has 102 valence electrons. The first-order valence-electron chi connectivity index (χ1n) is 6.41. The summed E-state index contributed by atoms with van der Waals surface area (Å²) in [5, 5.41) is 2.97. The van der Waals surface area contributed by atoms with Crippen LogP contribution in [0.3, 0.4) is 0 Å². The Morgan fingerprint density at radius 2 is 1.94 bits per heavy atom. The van der Waals surface area contributed by atoms with Crippen LogP contribution in [0.4, 0.5) is 0 Å². The number of likely N-dealkylation sites (N-methyl/N-ethyl adjacent to an activating group) is 1. The van der Waals surface area contributed by atoms with Crippen molar-refractivity contribution in [1.29, 1.82) is 0 Å². The van der Waals surface area contributed by atoms with Crippen molar-refractivity contribution in [3.05, 3.63) is 0 Å². The Bertz CT molecular complexity index is 227. The van der Waals surface area contributed by atoms with E-state index in [2.05, 4.69) is 31.0 Å². The van der Waals surface area contributed by atoms with Crippen LogP contribution in [-0.2, 0) is 4.79 Å². The van der Waals surface area contributed by atoms with Gasteiger partial charge >= 0.3 is 0 Å². The fraction of sp³-hybridized carbons (Fsp3) is 0.923. The van der Waals surface area contributed by atoms with Crippen LogP contribution in [0.5, 0.6) is 0 Å². The van der Waals surface area contributed by atoms with Crippen molar-refractivity contribution in [2.45, 2.75) is 46.1 Å². The van der Waals surface area contributed by atoms with Crippen molar-refractivity contribution in [3.63, 3.8) is 0 Å². The van der Waals surface area contributed by atoms with Crippen LogP contribution in [0.15, 0.2) is 0 Å². The van der Waals surface area contributed by atoms with Gasteiger partial charge in [0.15, 0.2) is 0 Å². The lowest BCUT2D eigenvalue weighted by Crippen LogP contribution is -2.38. The average molecular weight is 243 g/mol. The highest BCUT2D eigenvalue weighted by molar-refractivity contribution is 5.75. The Morgan fingerprint density at radius 3 is 2.41 bits per heavy atom. The second-order valence-corrected chi connectivity index (χ2v) is 5.82. The molecule has 4 nitrogen and oxygen atoms in total. The van der Waals surface area contributed by atoms with Gasteiger partial charge in [-0.05, 0) is 45.8 Å². The van der Waals surface area contributed by atoms with Crippen molar-refractivity contribution in [2.24, 2.45) is 11.1 Å². The first kappa shape index (κ1) is 16.4. The zero-order valence-electron chi connectivity index (χ0n) is 12.0. The summed E-state index contributed by atoms with van der Waals surface area (Å²) in [5.41, 5.74) is 5.71. The molecule has 0 fully saturated rings. The third kappa shape index (κ3) is 8.16. The van der Waals surface area contributed by atoms with E-state index in [-0.39, 0.29) is 11.3 Å². The molecule has 0 aromatic carbocycles. The van der Waals surface area contributed by atoms with Gasteiger partial charge in [0.05, 0.1) is 0 Å². The SMILES string of the molecule is CC(CNC(=O)CCC(C)(C)CCN)N(C)C. The van der Waals surface area contributed by atoms with Crippen molar-refractivity contribution in [3.8, 4) is 0 Å². The zero-order valence-corrected chi connectivity index (χ0v) is 12.0. The van der Waals surface area contributed by atoms with Gasteiger partial charge in [-0.3, -0.25) is 4.79 Å². The molecule has 0 bridgehead atoms. The predicted octanol–water partition coefficient (Wildman–Crippen LogP) is 1.21. The highest BCUT2D eigenvalue weighted by atomic mass is 16.1. The smallest absolute Gasteiger partial charge is 0.220 e. The minimum Gasteiger partial charge on any atom is -0.355 e. The number of nitrogens with zero attached hydrogens (tertiary/aromatic N) is 1. The third-order valence-electron chi connectivity index (χ3n) is 3.33. The largest absolute Gasteiger partial charge is 0.355 e. The molecule has 0 aliphatic rings. The van der Waals surface area contributed by atoms with Crippen LogP contribution in [-0.4, -0.2) is 44.0 Å². The molecule has 1 unspecified atom stereocenters. The number of hydrogen-bond donors (Lipinski definition) is 2. The third-order valence-corrected chi connectivity index (χ3v) is 3.33. The molecule has 0 aromatic heterocycles. The van der Waals surface area contributed by atoms with Gasteiger partial charge in [0.2, 0.25) is 5.91 Å². The molecule has 1 amide bonds. The molecule has 0 heterocycles. The number of hydrogen-bond acceptors (Lipinski definition) is 3. The molecule has 0 aromatic rings. The van der Waals surface area contributed by atoms with Crippen LogP contribution in [0, 0.1) is 5.41 Å². The van der Waals surface area contributed by atoms with Crippen LogP contribution in [0.25, 0.3) is 0 Å².